The lowest BCUT2D eigenvalue weighted by Gasteiger charge is -2.01. The third kappa shape index (κ3) is 2.21. The van der Waals surface area contributed by atoms with Crippen LogP contribution in [0.2, 0.25) is 0 Å². The smallest absolute Gasteiger partial charge is 0.163 e. The average Bonchev–Trinajstić information content (AvgIpc) is 3.01. The van der Waals surface area contributed by atoms with E-state index in [0.29, 0.717) is 17.2 Å². The molecule has 0 saturated heterocycles. The molecule has 0 unspecified atom stereocenters. The van der Waals surface area contributed by atoms with Gasteiger partial charge in [0.15, 0.2) is 11.6 Å². The Morgan fingerprint density at radius 3 is 2.05 bits per heavy atom. The molecule has 5 heteroatoms. The first-order valence-corrected chi connectivity index (χ1v) is 7.68. The van der Waals surface area contributed by atoms with Gasteiger partial charge in [-0.15, -0.1) is 0 Å². The van der Waals surface area contributed by atoms with Gasteiger partial charge in [-0.2, -0.15) is 0 Å². The number of hydrogen-bond acceptors (Lipinski definition) is 5. The predicted molar refractivity (Wildman–Crippen MR) is 90.5 cm³/mol. The van der Waals surface area contributed by atoms with Crippen LogP contribution in [0, 0.1) is 0 Å². The molecular formula is C17H12N4S. The molecule has 0 radical (unpaired) electrons. The summed E-state index contributed by atoms with van der Waals surface area (Å²) in [6, 6.07) is 19.8. The summed E-state index contributed by atoms with van der Waals surface area (Å²) < 4.78 is 0. The van der Waals surface area contributed by atoms with E-state index in [9.17, 15) is 0 Å². The number of nitrogens with two attached hydrogens (primary N) is 1. The lowest BCUT2D eigenvalue weighted by Crippen LogP contribution is -1.96. The Morgan fingerprint density at radius 2 is 1.36 bits per heavy atom. The third-order valence-corrected chi connectivity index (χ3v) is 4.34. The quantitative estimate of drug-likeness (QED) is 0.608. The fourth-order valence-electron chi connectivity index (χ4n) is 2.26. The Hall–Kier alpha value is -2.79. The van der Waals surface area contributed by atoms with Gasteiger partial charge < -0.3 is 5.73 Å². The van der Waals surface area contributed by atoms with E-state index in [2.05, 4.69) is 15.0 Å². The van der Waals surface area contributed by atoms with Crippen molar-refractivity contribution in [2.75, 3.05) is 5.73 Å². The minimum absolute atomic E-state index is 0.419. The van der Waals surface area contributed by atoms with Gasteiger partial charge in [0.25, 0.3) is 0 Å². The van der Waals surface area contributed by atoms with Crippen LogP contribution in [0.5, 0.6) is 0 Å². The number of anilines is 1. The van der Waals surface area contributed by atoms with Crippen molar-refractivity contribution in [2.24, 2.45) is 0 Å². The Balaban J connectivity index is 1.88. The minimum atomic E-state index is 0.419. The van der Waals surface area contributed by atoms with Crippen molar-refractivity contribution in [3.05, 3.63) is 60.7 Å². The van der Waals surface area contributed by atoms with Gasteiger partial charge in [-0.25, -0.2) is 15.0 Å². The van der Waals surface area contributed by atoms with E-state index < -0.39 is 0 Å². The third-order valence-electron chi connectivity index (χ3n) is 3.34. The molecule has 0 spiro atoms. The second-order valence-corrected chi connectivity index (χ2v) is 5.81. The molecule has 4 rings (SSSR count). The van der Waals surface area contributed by atoms with Crippen molar-refractivity contribution < 1.29 is 0 Å². The molecule has 2 heterocycles. The van der Waals surface area contributed by atoms with Crippen LogP contribution in [-0.2, 0) is 0 Å². The molecule has 0 aliphatic heterocycles. The van der Waals surface area contributed by atoms with E-state index >= 15 is 0 Å². The van der Waals surface area contributed by atoms with E-state index in [1.165, 1.54) is 11.3 Å². The number of nitrogen functional groups attached to an aromatic ring is 1. The summed E-state index contributed by atoms with van der Waals surface area (Å²) in [5.41, 5.74) is 8.76. The number of nitrogens with zero attached hydrogens (tertiary/aromatic N) is 3. The highest BCUT2D eigenvalue weighted by Gasteiger charge is 2.13. The van der Waals surface area contributed by atoms with Gasteiger partial charge in [0.1, 0.15) is 15.4 Å². The van der Waals surface area contributed by atoms with Gasteiger partial charge in [0.2, 0.25) is 0 Å². The number of fused-ring (bicyclic) bond motifs is 1. The van der Waals surface area contributed by atoms with Gasteiger partial charge in [-0.05, 0) is 0 Å². The lowest BCUT2D eigenvalue weighted by molar-refractivity contribution is 1.23. The first kappa shape index (κ1) is 12.9. The zero-order valence-electron chi connectivity index (χ0n) is 11.6. The highest BCUT2D eigenvalue weighted by molar-refractivity contribution is 7.21. The van der Waals surface area contributed by atoms with E-state index in [-0.39, 0.29) is 0 Å². The van der Waals surface area contributed by atoms with E-state index in [1.807, 2.05) is 60.7 Å². The van der Waals surface area contributed by atoms with Crippen molar-refractivity contribution in [3.63, 3.8) is 0 Å². The van der Waals surface area contributed by atoms with E-state index in [1.54, 1.807) is 0 Å². The van der Waals surface area contributed by atoms with Crippen LogP contribution in [0.15, 0.2) is 60.7 Å². The molecule has 2 aromatic heterocycles. The molecule has 0 aliphatic carbocycles. The van der Waals surface area contributed by atoms with Crippen LogP contribution in [-0.4, -0.2) is 15.0 Å². The SMILES string of the molecule is Nc1nc(-c2ccccc2)nc2sc(-c3ccccc3)nc12. The van der Waals surface area contributed by atoms with Crippen molar-refractivity contribution in [3.8, 4) is 22.0 Å². The van der Waals surface area contributed by atoms with E-state index in [4.69, 9.17) is 5.73 Å². The Labute approximate surface area is 131 Å². The molecule has 0 atom stereocenters. The number of thiazole rings is 1. The maximum atomic E-state index is 6.08. The van der Waals surface area contributed by atoms with Crippen LogP contribution >= 0.6 is 11.3 Å². The van der Waals surface area contributed by atoms with Gasteiger partial charge in [-0.1, -0.05) is 72.0 Å². The van der Waals surface area contributed by atoms with Crippen LogP contribution < -0.4 is 5.73 Å². The molecule has 2 N–H and O–H groups in total. The zero-order valence-corrected chi connectivity index (χ0v) is 12.4. The van der Waals surface area contributed by atoms with Crippen LogP contribution in [0.1, 0.15) is 0 Å². The fourth-order valence-corrected chi connectivity index (χ4v) is 3.22. The molecule has 0 saturated carbocycles. The van der Waals surface area contributed by atoms with Gasteiger partial charge in [0, 0.05) is 11.1 Å². The zero-order chi connectivity index (χ0) is 14.9. The first-order chi connectivity index (χ1) is 10.8. The lowest BCUT2D eigenvalue weighted by atomic mass is 10.2. The van der Waals surface area contributed by atoms with Gasteiger partial charge >= 0.3 is 0 Å². The number of hydrogen-bond donors (Lipinski definition) is 1. The molecular weight excluding hydrogens is 292 g/mol. The van der Waals surface area contributed by atoms with Crippen LogP contribution in [0.3, 0.4) is 0 Å². The summed E-state index contributed by atoms with van der Waals surface area (Å²) in [7, 11) is 0. The standard InChI is InChI=1S/C17H12N4S/c18-14-13-17(21-15(20-14)11-7-3-1-4-8-11)22-16(19-13)12-9-5-2-6-10-12/h1-10H,(H2,18,20,21). The monoisotopic (exact) mass is 304 g/mol. The predicted octanol–water partition coefficient (Wildman–Crippen LogP) is 4.00. The molecule has 106 valence electrons. The van der Waals surface area contributed by atoms with Crippen molar-refractivity contribution in [1.82, 2.24) is 15.0 Å². The van der Waals surface area contributed by atoms with Crippen molar-refractivity contribution in [2.45, 2.75) is 0 Å². The minimum Gasteiger partial charge on any atom is -0.382 e. The first-order valence-electron chi connectivity index (χ1n) is 6.86. The van der Waals surface area contributed by atoms with Crippen molar-refractivity contribution >= 4 is 27.5 Å². The summed E-state index contributed by atoms with van der Waals surface area (Å²) in [6.07, 6.45) is 0. The highest BCUT2D eigenvalue weighted by Crippen LogP contribution is 2.32. The highest BCUT2D eigenvalue weighted by atomic mass is 32.1. The van der Waals surface area contributed by atoms with Gasteiger partial charge in [-0.3, -0.25) is 0 Å². The summed E-state index contributed by atoms with van der Waals surface area (Å²) in [5.74, 6) is 1.05. The molecule has 0 aliphatic rings. The summed E-state index contributed by atoms with van der Waals surface area (Å²) in [4.78, 5) is 14.4. The molecule has 0 fully saturated rings. The summed E-state index contributed by atoms with van der Waals surface area (Å²) in [6.45, 7) is 0. The average molecular weight is 304 g/mol. The van der Waals surface area contributed by atoms with Crippen LogP contribution in [0.25, 0.3) is 32.3 Å². The van der Waals surface area contributed by atoms with Crippen molar-refractivity contribution in [1.29, 1.82) is 0 Å². The Kier molecular flexibility index (Phi) is 3.05. The maximum Gasteiger partial charge on any atom is 0.163 e. The molecule has 4 nitrogen and oxygen atoms in total. The molecule has 0 bridgehead atoms. The van der Waals surface area contributed by atoms with Gasteiger partial charge in [0.05, 0.1) is 0 Å². The number of aromatic nitrogens is 3. The molecule has 2 aromatic carbocycles. The summed E-state index contributed by atoms with van der Waals surface area (Å²) in [5, 5.41) is 0.904. The normalized spacial score (nSPS) is 10.9. The largest absolute Gasteiger partial charge is 0.382 e. The number of rotatable bonds is 2. The fraction of sp³-hybridized carbons (Fsp3) is 0. The topological polar surface area (TPSA) is 64.7 Å². The molecule has 0 amide bonds. The Morgan fingerprint density at radius 1 is 0.727 bits per heavy atom. The Bertz CT molecular complexity index is 933. The number of benzene rings is 2. The second kappa shape index (κ2) is 5.20. The molecule has 22 heavy (non-hydrogen) atoms. The second-order valence-electron chi connectivity index (χ2n) is 4.84. The summed E-state index contributed by atoms with van der Waals surface area (Å²) >= 11 is 1.53. The maximum absolute atomic E-state index is 6.08. The molecule has 4 aromatic rings. The van der Waals surface area contributed by atoms with Crippen LogP contribution in [0.4, 0.5) is 5.82 Å². The van der Waals surface area contributed by atoms with E-state index in [0.717, 1.165) is 21.0 Å².